The largest absolute Gasteiger partial charge is 0.294 e. The molecule has 2 saturated carbocycles. The van der Waals surface area contributed by atoms with E-state index in [2.05, 4.69) is 9.97 Å². The van der Waals surface area contributed by atoms with Crippen LogP contribution in [0.25, 0.3) is 11.0 Å². The summed E-state index contributed by atoms with van der Waals surface area (Å²) in [5.41, 5.74) is 1.22. The molecule has 0 saturated heterocycles. The lowest BCUT2D eigenvalue weighted by molar-refractivity contribution is 0.321. The van der Waals surface area contributed by atoms with E-state index >= 15 is 0 Å². The summed E-state index contributed by atoms with van der Waals surface area (Å²) in [5, 5.41) is 0. The smallest absolute Gasteiger partial charge is 0.280 e. The van der Waals surface area contributed by atoms with E-state index in [1.54, 1.807) is 12.5 Å². The molecule has 0 aromatic carbocycles. The van der Waals surface area contributed by atoms with Crippen molar-refractivity contribution in [3.8, 4) is 0 Å². The predicted molar refractivity (Wildman–Crippen MR) is 68.3 cm³/mol. The first-order valence-corrected chi connectivity index (χ1v) is 6.65. The second-order valence-electron chi connectivity index (χ2n) is 5.57. The van der Waals surface area contributed by atoms with Crippen LogP contribution >= 0.6 is 0 Å². The minimum absolute atomic E-state index is 0.0261. The van der Waals surface area contributed by atoms with Gasteiger partial charge in [-0.2, -0.15) is 0 Å². The molecule has 2 fully saturated rings. The lowest BCUT2D eigenvalue weighted by Gasteiger charge is -2.23. The molecule has 2 aromatic heterocycles. The highest BCUT2D eigenvalue weighted by molar-refractivity contribution is 5.71. The first kappa shape index (κ1) is 10.2. The minimum Gasteiger partial charge on any atom is -0.294 e. The summed E-state index contributed by atoms with van der Waals surface area (Å²) in [5.74, 6) is 1.50. The van der Waals surface area contributed by atoms with Gasteiger partial charge in [-0.25, -0.2) is 9.97 Å². The van der Waals surface area contributed by atoms with Crippen molar-refractivity contribution in [3.63, 3.8) is 0 Å². The molecule has 0 amide bonds. The van der Waals surface area contributed by atoms with Crippen LogP contribution in [0.4, 0.5) is 0 Å². The van der Waals surface area contributed by atoms with Crippen LogP contribution < -0.4 is 5.56 Å². The van der Waals surface area contributed by atoms with Crippen LogP contribution in [0.15, 0.2) is 29.5 Å². The second-order valence-corrected chi connectivity index (χ2v) is 5.57. The Balaban J connectivity index is 1.86. The SMILES string of the molecule is O=c1c2ncccc2ncn1[C@@H]1C[C@@H]2CC[C@H]1C2. The summed E-state index contributed by atoms with van der Waals surface area (Å²) in [7, 11) is 0. The van der Waals surface area contributed by atoms with Crippen molar-refractivity contribution in [3.05, 3.63) is 35.0 Å². The van der Waals surface area contributed by atoms with E-state index < -0.39 is 0 Å². The fourth-order valence-corrected chi connectivity index (χ4v) is 3.75. The average molecular weight is 241 g/mol. The Labute approximate surface area is 105 Å². The lowest BCUT2D eigenvalue weighted by atomic mass is 9.95. The zero-order valence-corrected chi connectivity index (χ0v) is 10.1. The predicted octanol–water partition coefficient (Wildman–Crippen LogP) is 2.15. The molecule has 18 heavy (non-hydrogen) atoms. The Hall–Kier alpha value is -1.71. The van der Waals surface area contributed by atoms with Gasteiger partial charge < -0.3 is 0 Å². The van der Waals surface area contributed by atoms with E-state index in [0.717, 1.165) is 12.3 Å². The van der Waals surface area contributed by atoms with Gasteiger partial charge in [-0.1, -0.05) is 6.42 Å². The van der Waals surface area contributed by atoms with Gasteiger partial charge in [0.25, 0.3) is 5.56 Å². The summed E-state index contributed by atoms with van der Waals surface area (Å²) in [6, 6.07) is 4.01. The van der Waals surface area contributed by atoms with Crippen molar-refractivity contribution in [1.82, 2.24) is 14.5 Å². The van der Waals surface area contributed by atoms with Gasteiger partial charge >= 0.3 is 0 Å². The van der Waals surface area contributed by atoms with Crippen LogP contribution in [-0.4, -0.2) is 14.5 Å². The number of nitrogens with zero attached hydrogens (tertiary/aromatic N) is 3. The van der Waals surface area contributed by atoms with E-state index in [1.165, 1.54) is 19.3 Å². The first-order chi connectivity index (χ1) is 8.83. The fraction of sp³-hybridized carbons (Fsp3) is 0.500. The third-order valence-electron chi connectivity index (χ3n) is 4.60. The van der Waals surface area contributed by atoms with Crippen molar-refractivity contribution in [2.24, 2.45) is 11.8 Å². The highest BCUT2D eigenvalue weighted by Gasteiger charge is 2.40. The van der Waals surface area contributed by atoms with E-state index in [4.69, 9.17) is 0 Å². The number of aromatic nitrogens is 3. The molecule has 0 N–H and O–H groups in total. The van der Waals surface area contributed by atoms with Gasteiger partial charge in [-0.15, -0.1) is 0 Å². The van der Waals surface area contributed by atoms with Crippen molar-refractivity contribution >= 4 is 11.0 Å². The van der Waals surface area contributed by atoms with Gasteiger partial charge in [0.15, 0.2) is 5.52 Å². The zero-order chi connectivity index (χ0) is 12.1. The maximum absolute atomic E-state index is 12.5. The van der Waals surface area contributed by atoms with Crippen molar-refractivity contribution in [1.29, 1.82) is 0 Å². The summed E-state index contributed by atoms with van der Waals surface area (Å²) >= 11 is 0. The van der Waals surface area contributed by atoms with Gasteiger partial charge in [0, 0.05) is 12.2 Å². The highest BCUT2D eigenvalue weighted by Crippen LogP contribution is 2.50. The maximum Gasteiger partial charge on any atom is 0.280 e. The van der Waals surface area contributed by atoms with Gasteiger partial charge in [0.1, 0.15) is 0 Å². The molecule has 92 valence electrons. The normalized spacial score (nSPS) is 30.1. The number of pyridine rings is 1. The summed E-state index contributed by atoms with van der Waals surface area (Å²) in [6.45, 7) is 0. The van der Waals surface area contributed by atoms with Gasteiger partial charge in [0.05, 0.1) is 11.8 Å². The van der Waals surface area contributed by atoms with Crippen LogP contribution in [0.2, 0.25) is 0 Å². The molecule has 4 heteroatoms. The number of hydrogen-bond acceptors (Lipinski definition) is 3. The minimum atomic E-state index is 0.0261. The molecule has 0 unspecified atom stereocenters. The molecule has 2 aliphatic carbocycles. The molecule has 3 atom stereocenters. The third-order valence-corrected chi connectivity index (χ3v) is 4.60. The quantitative estimate of drug-likeness (QED) is 0.768. The Kier molecular flexibility index (Phi) is 2.07. The van der Waals surface area contributed by atoms with Gasteiger partial charge in [-0.05, 0) is 43.2 Å². The van der Waals surface area contributed by atoms with Crippen molar-refractivity contribution in [2.75, 3.05) is 0 Å². The van der Waals surface area contributed by atoms with Crippen molar-refractivity contribution in [2.45, 2.75) is 31.7 Å². The Morgan fingerprint density at radius 2 is 2.17 bits per heavy atom. The van der Waals surface area contributed by atoms with E-state index in [9.17, 15) is 4.79 Å². The zero-order valence-electron chi connectivity index (χ0n) is 10.1. The fourth-order valence-electron chi connectivity index (χ4n) is 3.75. The van der Waals surface area contributed by atoms with E-state index in [0.29, 0.717) is 23.0 Å². The Morgan fingerprint density at radius 1 is 1.22 bits per heavy atom. The van der Waals surface area contributed by atoms with Crippen LogP contribution in [0.1, 0.15) is 31.7 Å². The number of rotatable bonds is 1. The molecule has 4 rings (SSSR count). The molecule has 2 bridgehead atoms. The van der Waals surface area contributed by atoms with Crippen LogP contribution in [-0.2, 0) is 0 Å². The molecule has 2 aromatic rings. The molecule has 4 nitrogen and oxygen atoms in total. The Morgan fingerprint density at radius 3 is 2.94 bits per heavy atom. The average Bonchev–Trinajstić information content (AvgIpc) is 3.02. The molecule has 2 aliphatic rings. The summed E-state index contributed by atoms with van der Waals surface area (Å²) < 4.78 is 1.83. The standard InChI is InChI=1S/C14H15N3O/c18-14-13-11(2-1-5-15-13)16-8-17(14)12-7-9-3-4-10(12)6-9/h1-2,5,8-10,12H,3-4,6-7H2/t9-,10+,12-/m1/s1. The molecular formula is C14H15N3O. The summed E-state index contributed by atoms with van der Waals surface area (Å²) in [6.07, 6.45) is 8.42. The van der Waals surface area contributed by atoms with E-state index in [1.807, 2.05) is 16.7 Å². The van der Waals surface area contributed by atoms with Gasteiger partial charge in [-0.3, -0.25) is 9.36 Å². The topological polar surface area (TPSA) is 47.8 Å². The molecular weight excluding hydrogens is 226 g/mol. The first-order valence-electron chi connectivity index (χ1n) is 6.65. The third kappa shape index (κ3) is 1.35. The molecule has 0 aliphatic heterocycles. The van der Waals surface area contributed by atoms with Crippen LogP contribution in [0, 0.1) is 11.8 Å². The Bertz CT molecular complexity index is 663. The summed E-state index contributed by atoms with van der Waals surface area (Å²) in [4.78, 5) is 21.0. The van der Waals surface area contributed by atoms with E-state index in [-0.39, 0.29) is 5.56 Å². The molecule has 2 heterocycles. The monoisotopic (exact) mass is 241 g/mol. The lowest BCUT2D eigenvalue weighted by Crippen LogP contribution is -2.28. The number of hydrogen-bond donors (Lipinski definition) is 0. The van der Waals surface area contributed by atoms with Crippen LogP contribution in [0.3, 0.4) is 0 Å². The molecule has 0 radical (unpaired) electrons. The second kappa shape index (κ2) is 3.64. The molecule has 0 spiro atoms. The van der Waals surface area contributed by atoms with Crippen LogP contribution in [0.5, 0.6) is 0 Å². The number of fused-ring (bicyclic) bond motifs is 3. The van der Waals surface area contributed by atoms with Gasteiger partial charge in [0.2, 0.25) is 0 Å². The maximum atomic E-state index is 12.5. The highest BCUT2D eigenvalue weighted by atomic mass is 16.1. The van der Waals surface area contributed by atoms with Crippen molar-refractivity contribution < 1.29 is 0 Å².